The van der Waals surface area contributed by atoms with Crippen molar-refractivity contribution in [3.05, 3.63) is 64.7 Å². The number of nitrogens with zero attached hydrogens (tertiary/aromatic N) is 5. The number of amides is 1. The second kappa shape index (κ2) is 10.1. The van der Waals surface area contributed by atoms with Gasteiger partial charge in [-0.3, -0.25) is 19.8 Å². The summed E-state index contributed by atoms with van der Waals surface area (Å²) in [5.41, 5.74) is 7.87. The molecule has 1 saturated heterocycles. The van der Waals surface area contributed by atoms with Crippen molar-refractivity contribution < 1.29 is 9.72 Å². The summed E-state index contributed by atoms with van der Waals surface area (Å²) in [4.78, 5) is 35.6. The van der Waals surface area contributed by atoms with Gasteiger partial charge >= 0.3 is 5.69 Å². The van der Waals surface area contributed by atoms with Crippen LogP contribution in [0.2, 0.25) is 0 Å². The van der Waals surface area contributed by atoms with E-state index in [0.29, 0.717) is 37.8 Å². The molecule has 1 amide bonds. The van der Waals surface area contributed by atoms with Gasteiger partial charge in [0.1, 0.15) is 11.6 Å². The van der Waals surface area contributed by atoms with E-state index < -0.39 is 4.92 Å². The molecule has 3 heterocycles. The van der Waals surface area contributed by atoms with E-state index in [1.54, 1.807) is 4.90 Å². The third-order valence-electron chi connectivity index (χ3n) is 5.46. The molecule has 0 radical (unpaired) electrons. The van der Waals surface area contributed by atoms with Crippen LogP contribution in [0.15, 0.2) is 54.6 Å². The molecule has 11 nitrogen and oxygen atoms in total. The predicted octanol–water partition coefficient (Wildman–Crippen LogP) is 2.44. The Morgan fingerprint density at radius 3 is 2.32 bits per heavy atom. The van der Waals surface area contributed by atoms with Crippen molar-refractivity contribution in [3.8, 4) is 11.3 Å². The van der Waals surface area contributed by atoms with Crippen molar-refractivity contribution >= 4 is 34.7 Å². The maximum absolute atomic E-state index is 12.7. The van der Waals surface area contributed by atoms with Crippen molar-refractivity contribution in [3.63, 3.8) is 0 Å². The fourth-order valence-electron chi connectivity index (χ4n) is 3.72. The minimum Gasteiger partial charge on any atom is -0.378 e. The van der Waals surface area contributed by atoms with Crippen LogP contribution < -0.4 is 21.3 Å². The molecule has 1 aliphatic rings. The van der Waals surface area contributed by atoms with Crippen LogP contribution in [0.5, 0.6) is 0 Å². The van der Waals surface area contributed by atoms with Gasteiger partial charge in [-0.1, -0.05) is 30.3 Å². The zero-order valence-corrected chi connectivity index (χ0v) is 18.8. The summed E-state index contributed by atoms with van der Waals surface area (Å²) in [5, 5.41) is 17.2. The summed E-state index contributed by atoms with van der Waals surface area (Å²) < 4.78 is 0. The third-order valence-corrected chi connectivity index (χ3v) is 5.46. The zero-order valence-electron chi connectivity index (χ0n) is 18.8. The van der Waals surface area contributed by atoms with Gasteiger partial charge in [-0.05, 0) is 25.2 Å². The normalized spacial score (nSPS) is 14.1. The highest BCUT2D eigenvalue weighted by Crippen LogP contribution is 2.31. The van der Waals surface area contributed by atoms with Crippen molar-refractivity contribution in [1.82, 2.24) is 14.9 Å². The van der Waals surface area contributed by atoms with E-state index in [9.17, 15) is 14.9 Å². The Morgan fingerprint density at radius 1 is 1.00 bits per heavy atom. The van der Waals surface area contributed by atoms with Gasteiger partial charge in [0.05, 0.1) is 22.8 Å². The van der Waals surface area contributed by atoms with E-state index in [2.05, 4.69) is 15.6 Å². The number of carbonyl (C=O) groups is 1. The number of nitrogens with two attached hydrogens (primary N) is 1. The minimum absolute atomic E-state index is 0.0486. The van der Waals surface area contributed by atoms with Gasteiger partial charge in [0.25, 0.3) is 0 Å². The van der Waals surface area contributed by atoms with Gasteiger partial charge in [-0.2, -0.15) is 0 Å². The van der Waals surface area contributed by atoms with Crippen molar-refractivity contribution in [2.24, 2.45) is 0 Å². The van der Waals surface area contributed by atoms with E-state index in [1.165, 1.54) is 12.1 Å². The molecule has 3 aromatic rings. The molecule has 176 valence electrons. The number of likely N-dealkylation sites (N-methyl/N-ethyl adjacent to an activating group) is 1. The Labute approximate surface area is 196 Å². The zero-order chi connectivity index (χ0) is 24.1. The fourth-order valence-corrected chi connectivity index (χ4v) is 3.72. The first-order valence-electron chi connectivity index (χ1n) is 10.9. The van der Waals surface area contributed by atoms with E-state index >= 15 is 0 Å². The number of nitrogen functional groups attached to an aromatic ring is 1. The van der Waals surface area contributed by atoms with Gasteiger partial charge in [0.2, 0.25) is 11.7 Å². The molecular formula is C23H26N8O3. The van der Waals surface area contributed by atoms with Crippen LogP contribution in [0.25, 0.3) is 11.3 Å². The summed E-state index contributed by atoms with van der Waals surface area (Å²) >= 11 is 0. The van der Waals surface area contributed by atoms with E-state index in [1.807, 2.05) is 54.4 Å². The average molecular weight is 463 g/mol. The van der Waals surface area contributed by atoms with Crippen LogP contribution in [-0.4, -0.2) is 65.5 Å². The second-order valence-electron chi connectivity index (χ2n) is 7.92. The number of pyridine rings is 2. The standard InChI is InChI=1S/C23H26N8O3/c1-29-13-14-30(21(32)15-29)17-7-9-19(27-22(17)16-5-3-2-4-6-16)25-11-12-26-20-10-8-18(31(33)34)23(24)28-20/h2-10H,11-15H2,1H3,(H,25,27)(H3,24,26,28). The molecule has 0 spiro atoms. The number of benzene rings is 1. The van der Waals surface area contributed by atoms with Gasteiger partial charge in [-0.25, -0.2) is 9.97 Å². The van der Waals surface area contributed by atoms with Crippen LogP contribution in [0.3, 0.4) is 0 Å². The number of piperazine rings is 1. The molecule has 1 aromatic carbocycles. The molecule has 0 unspecified atom stereocenters. The topological polar surface area (TPSA) is 143 Å². The molecule has 2 aromatic heterocycles. The number of carbonyl (C=O) groups excluding carboxylic acids is 1. The second-order valence-corrected chi connectivity index (χ2v) is 7.92. The quantitative estimate of drug-likeness (QED) is 0.261. The van der Waals surface area contributed by atoms with Crippen molar-refractivity contribution in [2.75, 3.05) is 61.0 Å². The van der Waals surface area contributed by atoms with E-state index in [0.717, 1.165) is 23.5 Å². The maximum Gasteiger partial charge on any atom is 0.311 e. The molecule has 4 N–H and O–H groups in total. The van der Waals surface area contributed by atoms with Crippen LogP contribution >= 0.6 is 0 Å². The Kier molecular flexibility index (Phi) is 6.83. The number of anilines is 4. The Hall–Kier alpha value is -4.25. The van der Waals surface area contributed by atoms with Crippen LogP contribution in [0.1, 0.15) is 0 Å². The molecule has 0 aliphatic carbocycles. The average Bonchev–Trinajstić information content (AvgIpc) is 2.82. The largest absolute Gasteiger partial charge is 0.378 e. The van der Waals surface area contributed by atoms with Crippen LogP contribution in [-0.2, 0) is 4.79 Å². The van der Waals surface area contributed by atoms with Gasteiger partial charge in [0, 0.05) is 37.8 Å². The Bertz CT molecular complexity index is 1190. The summed E-state index contributed by atoms with van der Waals surface area (Å²) in [7, 11) is 1.94. The van der Waals surface area contributed by atoms with Crippen LogP contribution in [0, 0.1) is 10.1 Å². The Morgan fingerprint density at radius 2 is 1.68 bits per heavy atom. The number of nitro groups is 1. The number of hydrogen-bond acceptors (Lipinski definition) is 9. The predicted molar refractivity (Wildman–Crippen MR) is 132 cm³/mol. The lowest BCUT2D eigenvalue weighted by molar-refractivity contribution is -0.384. The van der Waals surface area contributed by atoms with Gasteiger partial charge in [-0.15, -0.1) is 0 Å². The summed E-state index contributed by atoms with van der Waals surface area (Å²) in [6, 6.07) is 16.4. The Balaban J connectivity index is 1.46. The number of hydrogen-bond donors (Lipinski definition) is 3. The number of nitrogens with one attached hydrogen (secondary N) is 2. The van der Waals surface area contributed by atoms with E-state index in [4.69, 9.17) is 10.7 Å². The lowest BCUT2D eigenvalue weighted by atomic mass is 10.1. The number of rotatable bonds is 8. The summed E-state index contributed by atoms with van der Waals surface area (Å²) in [6.07, 6.45) is 0. The molecule has 0 saturated carbocycles. The van der Waals surface area contributed by atoms with Gasteiger partial charge in [0.15, 0.2) is 0 Å². The summed E-state index contributed by atoms with van der Waals surface area (Å²) in [6.45, 7) is 2.80. The van der Waals surface area contributed by atoms with Crippen LogP contribution in [0.4, 0.5) is 28.8 Å². The smallest absolute Gasteiger partial charge is 0.311 e. The van der Waals surface area contributed by atoms with Gasteiger partial charge < -0.3 is 21.3 Å². The molecule has 4 rings (SSSR count). The van der Waals surface area contributed by atoms with E-state index in [-0.39, 0.29) is 17.4 Å². The SMILES string of the molecule is CN1CCN(c2ccc(NCCNc3ccc([N+](=O)[O-])c(N)n3)nc2-c2ccccc2)C(=O)C1. The molecule has 1 aliphatic heterocycles. The highest BCUT2D eigenvalue weighted by Gasteiger charge is 2.26. The highest BCUT2D eigenvalue weighted by molar-refractivity contribution is 5.99. The molecule has 34 heavy (non-hydrogen) atoms. The highest BCUT2D eigenvalue weighted by atomic mass is 16.6. The first kappa shape index (κ1) is 22.9. The molecule has 1 fully saturated rings. The monoisotopic (exact) mass is 462 g/mol. The fraction of sp³-hybridized carbons (Fsp3) is 0.261. The number of aromatic nitrogens is 2. The first-order valence-corrected chi connectivity index (χ1v) is 10.9. The van der Waals surface area contributed by atoms with Crippen molar-refractivity contribution in [1.29, 1.82) is 0 Å². The molecule has 0 bridgehead atoms. The third kappa shape index (κ3) is 5.21. The first-order chi connectivity index (χ1) is 16.4. The molecule has 11 heteroatoms. The van der Waals surface area contributed by atoms with Crippen molar-refractivity contribution in [2.45, 2.75) is 0 Å². The lowest BCUT2D eigenvalue weighted by Crippen LogP contribution is -2.49. The molecular weight excluding hydrogens is 436 g/mol. The molecule has 0 atom stereocenters. The lowest BCUT2D eigenvalue weighted by Gasteiger charge is -2.33. The maximum atomic E-state index is 12.7. The minimum atomic E-state index is -0.566. The summed E-state index contributed by atoms with van der Waals surface area (Å²) in [5.74, 6) is 1.03.